The molecule has 0 bridgehead atoms. The van der Waals surface area contributed by atoms with Crippen molar-refractivity contribution in [3.63, 3.8) is 0 Å². The second-order valence-corrected chi connectivity index (χ2v) is 3.67. The molecule has 6 heteroatoms. The first-order valence-electron chi connectivity index (χ1n) is 5.03. The van der Waals surface area contributed by atoms with Crippen LogP contribution in [-0.2, 0) is 20.9 Å². The van der Waals surface area contributed by atoms with Gasteiger partial charge in [-0.15, -0.1) is 0 Å². The molecule has 5 nitrogen and oxygen atoms in total. The van der Waals surface area contributed by atoms with Crippen molar-refractivity contribution in [2.45, 2.75) is 6.54 Å². The standard InChI is InChI=1S/C11H11FN2O3/c12-8-2-1-3-9(13)7(8)4-14-10(15)5-17-6-11(14)16/h1-3H,4-6,13H2. The van der Waals surface area contributed by atoms with E-state index in [4.69, 9.17) is 10.5 Å². The number of benzene rings is 1. The van der Waals surface area contributed by atoms with Gasteiger partial charge in [0.2, 0.25) is 0 Å². The van der Waals surface area contributed by atoms with Gasteiger partial charge in [0, 0.05) is 11.3 Å². The molecule has 1 aromatic carbocycles. The van der Waals surface area contributed by atoms with Crippen molar-refractivity contribution in [3.05, 3.63) is 29.6 Å². The third-order valence-electron chi connectivity index (χ3n) is 2.52. The smallest absolute Gasteiger partial charge is 0.255 e. The molecule has 0 radical (unpaired) electrons. The van der Waals surface area contributed by atoms with Gasteiger partial charge in [0.25, 0.3) is 11.8 Å². The van der Waals surface area contributed by atoms with E-state index in [9.17, 15) is 14.0 Å². The number of carbonyl (C=O) groups excluding carboxylic acids is 2. The number of nitrogen functional groups attached to an aromatic ring is 1. The number of amides is 2. The Labute approximate surface area is 97.0 Å². The lowest BCUT2D eigenvalue weighted by atomic mass is 10.1. The zero-order valence-electron chi connectivity index (χ0n) is 8.98. The molecule has 1 heterocycles. The van der Waals surface area contributed by atoms with Gasteiger partial charge in [0.15, 0.2) is 0 Å². The molecule has 1 aromatic rings. The number of rotatable bonds is 2. The molecular formula is C11H11FN2O3. The van der Waals surface area contributed by atoms with E-state index in [-0.39, 0.29) is 31.0 Å². The molecule has 0 saturated carbocycles. The third-order valence-corrected chi connectivity index (χ3v) is 2.52. The minimum atomic E-state index is -0.530. The van der Waals surface area contributed by atoms with E-state index in [1.165, 1.54) is 18.2 Å². The molecule has 2 amide bonds. The predicted molar refractivity (Wildman–Crippen MR) is 57.2 cm³/mol. The number of anilines is 1. The van der Waals surface area contributed by atoms with Crippen molar-refractivity contribution in [2.24, 2.45) is 0 Å². The zero-order chi connectivity index (χ0) is 12.4. The fourth-order valence-electron chi connectivity index (χ4n) is 1.60. The lowest BCUT2D eigenvalue weighted by molar-refractivity contribution is -0.159. The number of halogens is 1. The van der Waals surface area contributed by atoms with Crippen molar-refractivity contribution in [1.29, 1.82) is 0 Å². The van der Waals surface area contributed by atoms with Crippen molar-refractivity contribution < 1.29 is 18.7 Å². The molecular weight excluding hydrogens is 227 g/mol. The van der Waals surface area contributed by atoms with Crippen LogP contribution in [0, 0.1) is 5.82 Å². The number of nitrogens with two attached hydrogens (primary N) is 1. The summed E-state index contributed by atoms with van der Waals surface area (Å²) in [5.41, 5.74) is 5.98. The number of hydrogen-bond acceptors (Lipinski definition) is 4. The summed E-state index contributed by atoms with van der Waals surface area (Å²) in [6.45, 7) is -0.486. The molecule has 17 heavy (non-hydrogen) atoms. The molecule has 0 aliphatic carbocycles. The van der Waals surface area contributed by atoms with Crippen LogP contribution >= 0.6 is 0 Å². The van der Waals surface area contributed by atoms with Crippen LogP contribution in [0.5, 0.6) is 0 Å². The van der Waals surface area contributed by atoms with Crippen LogP contribution in [0.1, 0.15) is 5.56 Å². The fraction of sp³-hybridized carbons (Fsp3) is 0.273. The molecule has 1 saturated heterocycles. The van der Waals surface area contributed by atoms with E-state index in [0.29, 0.717) is 0 Å². The SMILES string of the molecule is Nc1cccc(F)c1CN1C(=O)COCC1=O. The molecule has 2 N–H and O–H groups in total. The van der Waals surface area contributed by atoms with Crippen molar-refractivity contribution in [2.75, 3.05) is 18.9 Å². The molecule has 1 fully saturated rings. The van der Waals surface area contributed by atoms with E-state index in [0.717, 1.165) is 4.90 Å². The quantitative estimate of drug-likeness (QED) is 0.594. The third kappa shape index (κ3) is 2.26. The average Bonchev–Trinajstić information content (AvgIpc) is 2.27. The first-order valence-corrected chi connectivity index (χ1v) is 5.03. The molecule has 0 spiro atoms. The van der Waals surface area contributed by atoms with Gasteiger partial charge >= 0.3 is 0 Å². The minimum Gasteiger partial charge on any atom is -0.398 e. The van der Waals surface area contributed by atoms with Crippen LogP contribution in [0.15, 0.2) is 18.2 Å². The highest BCUT2D eigenvalue weighted by molar-refractivity contribution is 5.98. The summed E-state index contributed by atoms with van der Waals surface area (Å²) in [6, 6.07) is 4.23. The van der Waals surface area contributed by atoms with E-state index in [1.54, 1.807) is 0 Å². The van der Waals surface area contributed by atoms with Crippen LogP contribution in [0.4, 0.5) is 10.1 Å². The lowest BCUT2D eigenvalue weighted by Gasteiger charge is -2.25. The Balaban J connectivity index is 2.25. The molecule has 0 unspecified atom stereocenters. The molecule has 1 aliphatic heterocycles. The monoisotopic (exact) mass is 238 g/mol. The van der Waals surface area contributed by atoms with Crippen LogP contribution < -0.4 is 5.73 Å². The Morgan fingerprint density at radius 1 is 1.29 bits per heavy atom. The number of carbonyl (C=O) groups is 2. The van der Waals surface area contributed by atoms with Crippen LogP contribution in [-0.4, -0.2) is 29.9 Å². The lowest BCUT2D eigenvalue weighted by Crippen LogP contribution is -2.45. The minimum absolute atomic E-state index is 0.149. The molecule has 2 rings (SSSR count). The summed E-state index contributed by atoms with van der Waals surface area (Å²) < 4.78 is 18.3. The van der Waals surface area contributed by atoms with Gasteiger partial charge in [-0.1, -0.05) is 6.07 Å². The number of morpholine rings is 1. The Morgan fingerprint density at radius 3 is 2.53 bits per heavy atom. The van der Waals surface area contributed by atoms with Crippen molar-refractivity contribution in [3.8, 4) is 0 Å². The number of nitrogens with zero attached hydrogens (tertiary/aromatic N) is 1. The van der Waals surface area contributed by atoms with Gasteiger partial charge in [-0.3, -0.25) is 14.5 Å². The summed E-state index contributed by atoms with van der Waals surface area (Å²) in [4.78, 5) is 23.9. The Hall–Kier alpha value is -1.95. The van der Waals surface area contributed by atoms with Gasteiger partial charge in [0.05, 0.1) is 6.54 Å². The normalized spacial score (nSPS) is 16.4. The largest absolute Gasteiger partial charge is 0.398 e. The summed E-state index contributed by atoms with van der Waals surface area (Å²) >= 11 is 0. The fourth-order valence-corrected chi connectivity index (χ4v) is 1.60. The summed E-state index contributed by atoms with van der Waals surface area (Å²) in [7, 11) is 0. The van der Waals surface area contributed by atoms with Crippen molar-refractivity contribution >= 4 is 17.5 Å². The Bertz CT molecular complexity index is 440. The zero-order valence-corrected chi connectivity index (χ0v) is 8.98. The topological polar surface area (TPSA) is 72.6 Å². The molecule has 0 aromatic heterocycles. The van der Waals surface area contributed by atoms with Crippen LogP contribution in [0.2, 0.25) is 0 Å². The maximum atomic E-state index is 13.5. The predicted octanol–water partition coefficient (Wildman–Crippen LogP) is 0.293. The Kier molecular flexibility index (Phi) is 3.06. The van der Waals surface area contributed by atoms with Gasteiger partial charge in [-0.2, -0.15) is 0 Å². The average molecular weight is 238 g/mol. The second kappa shape index (κ2) is 4.50. The van der Waals surface area contributed by atoms with Gasteiger partial charge in [0.1, 0.15) is 19.0 Å². The number of hydrogen-bond donors (Lipinski definition) is 1. The first-order chi connectivity index (χ1) is 8.09. The number of ether oxygens (including phenoxy) is 1. The summed E-state index contributed by atoms with van der Waals surface area (Å²) in [5.74, 6) is -1.50. The van der Waals surface area contributed by atoms with Gasteiger partial charge < -0.3 is 10.5 Å². The van der Waals surface area contributed by atoms with Crippen LogP contribution in [0.3, 0.4) is 0 Å². The molecule has 90 valence electrons. The van der Waals surface area contributed by atoms with E-state index >= 15 is 0 Å². The van der Waals surface area contributed by atoms with E-state index in [2.05, 4.69) is 0 Å². The maximum Gasteiger partial charge on any atom is 0.255 e. The highest BCUT2D eigenvalue weighted by Gasteiger charge is 2.27. The maximum absolute atomic E-state index is 13.5. The molecule has 0 atom stereocenters. The Morgan fingerprint density at radius 2 is 1.94 bits per heavy atom. The molecule has 1 aliphatic rings. The highest BCUT2D eigenvalue weighted by Crippen LogP contribution is 2.19. The van der Waals surface area contributed by atoms with Crippen LogP contribution in [0.25, 0.3) is 0 Å². The number of imide groups is 1. The second-order valence-electron chi connectivity index (χ2n) is 3.67. The van der Waals surface area contributed by atoms with Crippen molar-refractivity contribution in [1.82, 2.24) is 4.90 Å². The summed E-state index contributed by atoms with van der Waals surface area (Å²) in [5, 5.41) is 0. The highest BCUT2D eigenvalue weighted by atomic mass is 19.1. The first kappa shape index (κ1) is 11.5. The van der Waals surface area contributed by atoms with Gasteiger partial charge in [-0.25, -0.2) is 4.39 Å². The summed E-state index contributed by atoms with van der Waals surface area (Å²) in [6.07, 6.45) is 0. The van der Waals surface area contributed by atoms with E-state index in [1.807, 2.05) is 0 Å². The van der Waals surface area contributed by atoms with E-state index < -0.39 is 17.6 Å². The van der Waals surface area contributed by atoms with Gasteiger partial charge in [-0.05, 0) is 12.1 Å².